The van der Waals surface area contributed by atoms with E-state index in [1.165, 1.54) is 13.2 Å². The van der Waals surface area contributed by atoms with E-state index >= 15 is 0 Å². The van der Waals surface area contributed by atoms with Gasteiger partial charge in [0.1, 0.15) is 18.3 Å². The molecule has 1 aliphatic heterocycles. The Kier molecular flexibility index (Phi) is 8.77. The molecule has 176 valence electrons. The third kappa shape index (κ3) is 6.35. The second kappa shape index (κ2) is 10.7. The quantitative estimate of drug-likeness (QED) is 0.318. The van der Waals surface area contributed by atoms with E-state index in [4.69, 9.17) is 30.5 Å². The van der Waals surface area contributed by atoms with Crippen LogP contribution >= 0.6 is 11.6 Å². The van der Waals surface area contributed by atoms with Gasteiger partial charge in [-0.15, -0.1) is 11.6 Å². The van der Waals surface area contributed by atoms with E-state index < -0.39 is 41.8 Å². The lowest BCUT2D eigenvalue weighted by Crippen LogP contribution is -2.53. The summed E-state index contributed by atoms with van der Waals surface area (Å²) in [4.78, 5) is 35.9. The smallest absolute Gasteiger partial charge is 0.309 e. The van der Waals surface area contributed by atoms with E-state index in [1.54, 1.807) is 0 Å². The lowest BCUT2D eigenvalue weighted by molar-refractivity contribution is -0.211. The molecular weight excluding hydrogens is 428 g/mol. The van der Waals surface area contributed by atoms with Crippen molar-refractivity contribution in [2.75, 3.05) is 12.5 Å². The summed E-state index contributed by atoms with van der Waals surface area (Å²) in [7, 11) is 0. The molecule has 1 heterocycles. The zero-order valence-corrected chi connectivity index (χ0v) is 19.5. The van der Waals surface area contributed by atoms with Crippen molar-refractivity contribution in [3.8, 4) is 0 Å². The van der Waals surface area contributed by atoms with E-state index in [0.717, 1.165) is 0 Å². The number of esters is 3. The Bertz CT molecular complexity index is 704. The molecule has 1 N–H and O–H groups in total. The molecule has 0 unspecified atom stereocenters. The fourth-order valence-corrected chi connectivity index (χ4v) is 4.46. The number of hydrogen-bond acceptors (Lipinski definition) is 8. The van der Waals surface area contributed by atoms with Crippen LogP contribution in [0.25, 0.3) is 0 Å². The molecule has 0 bridgehead atoms. The number of alkyl halides is 1. The maximum Gasteiger partial charge on any atom is 0.309 e. The van der Waals surface area contributed by atoms with Crippen molar-refractivity contribution in [1.29, 1.82) is 0 Å². The third-order valence-corrected chi connectivity index (χ3v) is 5.91. The minimum atomic E-state index is -1.68. The van der Waals surface area contributed by atoms with Gasteiger partial charge in [-0.3, -0.25) is 14.4 Å². The monoisotopic (exact) mass is 460 g/mol. The molecule has 8 nitrogen and oxygen atoms in total. The second-order valence-electron chi connectivity index (χ2n) is 9.13. The zero-order chi connectivity index (χ0) is 23.3. The summed E-state index contributed by atoms with van der Waals surface area (Å²) in [5.41, 5.74) is -1.07. The van der Waals surface area contributed by atoms with Gasteiger partial charge in [-0.25, -0.2) is 0 Å². The van der Waals surface area contributed by atoms with Gasteiger partial charge in [-0.2, -0.15) is 0 Å². The summed E-state index contributed by atoms with van der Waals surface area (Å²) in [5.74, 6) is -2.58. The van der Waals surface area contributed by atoms with Crippen LogP contribution in [0.5, 0.6) is 0 Å². The fraction of sp³-hybridized carbons (Fsp3) is 0.773. The molecular formula is C22H33ClO8. The van der Waals surface area contributed by atoms with Crippen molar-refractivity contribution in [1.82, 2.24) is 0 Å². The van der Waals surface area contributed by atoms with Gasteiger partial charge in [0, 0.05) is 31.3 Å². The van der Waals surface area contributed by atoms with Crippen LogP contribution < -0.4 is 0 Å². The molecule has 9 heteroatoms. The fourth-order valence-electron chi connectivity index (χ4n) is 4.11. The number of fused-ring (bicyclic) bond motifs is 1. The van der Waals surface area contributed by atoms with Crippen LogP contribution in [0.3, 0.4) is 0 Å². The highest BCUT2D eigenvalue weighted by Crippen LogP contribution is 2.51. The molecule has 2 aliphatic rings. The molecule has 0 spiro atoms. The van der Waals surface area contributed by atoms with Crippen molar-refractivity contribution in [3.63, 3.8) is 0 Å². The van der Waals surface area contributed by atoms with Gasteiger partial charge in [0.05, 0.1) is 18.1 Å². The highest BCUT2D eigenvalue weighted by atomic mass is 35.5. The molecule has 1 aliphatic carbocycles. The van der Waals surface area contributed by atoms with Crippen LogP contribution in [-0.2, 0) is 33.3 Å². The predicted molar refractivity (Wildman–Crippen MR) is 112 cm³/mol. The molecule has 5 atom stereocenters. The molecule has 0 aromatic rings. The van der Waals surface area contributed by atoms with Crippen molar-refractivity contribution >= 4 is 29.5 Å². The average molecular weight is 461 g/mol. The summed E-state index contributed by atoms with van der Waals surface area (Å²) >= 11 is 6.12. The van der Waals surface area contributed by atoms with Crippen molar-refractivity contribution < 1.29 is 38.4 Å². The second-order valence-corrected chi connectivity index (χ2v) is 9.40. The molecule has 0 radical (unpaired) electrons. The van der Waals surface area contributed by atoms with E-state index in [1.807, 2.05) is 27.7 Å². The number of ether oxygens (including phenoxy) is 4. The maximum absolute atomic E-state index is 12.3. The van der Waals surface area contributed by atoms with Gasteiger partial charge >= 0.3 is 17.9 Å². The number of rotatable bonds is 9. The van der Waals surface area contributed by atoms with E-state index in [0.29, 0.717) is 5.57 Å². The Morgan fingerprint density at radius 1 is 1.16 bits per heavy atom. The standard InChI is InChI=1S/C22H33ClO8/c1-12(2)6-18(25)28-9-15-10-29-21(31-19(26)7-13(3)4)20-16(15)8-17(30-14(5)24)22(20,27)11-23/h10,12-13,16-17,20-21,27H,6-9,11H2,1-5H3/t16-,17+,20+,21+,22-/m1/s1. The van der Waals surface area contributed by atoms with Gasteiger partial charge < -0.3 is 24.1 Å². The molecule has 1 fully saturated rings. The van der Waals surface area contributed by atoms with E-state index in [9.17, 15) is 19.5 Å². The van der Waals surface area contributed by atoms with Crippen LogP contribution in [0, 0.1) is 23.7 Å². The number of aliphatic hydroxyl groups is 1. The zero-order valence-electron chi connectivity index (χ0n) is 18.8. The van der Waals surface area contributed by atoms with Gasteiger partial charge in [0.15, 0.2) is 0 Å². The third-order valence-electron chi connectivity index (χ3n) is 5.48. The first-order valence-corrected chi connectivity index (χ1v) is 11.2. The largest absolute Gasteiger partial charge is 0.462 e. The highest BCUT2D eigenvalue weighted by molar-refractivity contribution is 6.18. The molecule has 0 saturated heterocycles. The van der Waals surface area contributed by atoms with Gasteiger partial charge in [-0.1, -0.05) is 27.7 Å². The SMILES string of the molecule is CC(=O)O[C@H]1C[C@@H]2C(COC(=O)CC(C)C)=CO[C@@H](OC(=O)CC(C)C)[C@H]2[C@@]1(O)CCl. The van der Waals surface area contributed by atoms with Gasteiger partial charge in [-0.05, 0) is 18.3 Å². The Labute approximate surface area is 188 Å². The van der Waals surface area contributed by atoms with Crippen molar-refractivity contribution in [2.45, 2.75) is 71.9 Å². The maximum atomic E-state index is 12.3. The number of carbonyl (C=O) groups is 3. The normalized spacial score (nSPS) is 29.8. The number of carbonyl (C=O) groups excluding carboxylic acids is 3. The summed E-state index contributed by atoms with van der Waals surface area (Å²) in [5, 5.41) is 11.4. The Balaban J connectivity index is 2.27. The Hall–Kier alpha value is -1.80. The Morgan fingerprint density at radius 2 is 1.77 bits per heavy atom. The topological polar surface area (TPSA) is 108 Å². The molecule has 0 aromatic carbocycles. The number of halogens is 1. The molecule has 0 amide bonds. The lowest BCUT2D eigenvalue weighted by atomic mass is 9.81. The highest BCUT2D eigenvalue weighted by Gasteiger charge is 2.62. The van der Waals surface area contributed by atoms with E-state index in [2.05, 4.69) is 0 Å². The molecule has 0 aromatic heterocycles. The average Bonchev–Trinajstić information content (AvgIpc) is 2.93. The minimum Gasteiger partial charge on any atom is -0.462 e. The van der Waals surface area contributed by atoms with Crippen LogP contribution in [0.1, 0.15) is 53.9 Å². The van der Waals surface area contributed by atoms with E-state index in [-0.39, 0.29) is 49.6 Å². The van der Waals surface area contributed by atoms with Crippen molar-refractivity contribution in [3.05, 3.63) is 11.8 Å². The van der Waals surface area contributed by atoms with Crippen LogP contribution in [0.15, 0.2) is 11.8 Å². The van der Waals surface area contributed by atoms with Gasteiger partial charge in [0.25, 0.3) is 0 Å². The first-order valence-electron chi connectivity index (χ1n) is 10.6. The number of hydrogen-bond donors (Lipinski definition) is 1. The lowest BCUT2D eigenvalue weighted by Gasteiger charge is -2.40. The van der Waals surface area contributed by atoms with Gasteiger partial charge in [0.2, 0.25) is 6.29 Å². The van der Waals surface area contributed by atoms with Crippen LogP contribution in [0.2, 0.25) is 0 Å². The Morgan fingerprint density at radius 3 is 2.32 bits per heavy atom. The predicted octanol–water partition coefficient (Wildman–Crippen LogP) is 2.94. The summed E-state index contributed by atoms with van der Waals surface area (Å²) in [6.07, 6.45) is 0.0907. The minimum absolute atomic E-state index is 0.0372. The molecule has 31 heavy (non-hydrogen) atoms. The summed E-state index contributed by atoms with van der Waals surface area (Å²) < 4.78 is 21.9. The summed E-state index contributed by atoms with van der Waals surface area (Å²) in [6, 6.07) is 0. The summed E-state index contributed by atoms with van der Waals surface area (Å²) in [6.45, 7) is 8.81. The van der Waals surface area contributed by atoms with Crippen LogP contribution in [0.4, 0.5) is 0 Å². The van der Waals surface area contributed by atoms with Crippen LogP contribution in [-0.4, -0.2) is 53.5 Å². The molecule has 2 rings (SSSR count). The molecule has 1 saturated carbocycles. The van der Waals surface area contributed by atoms with Crippen molar-refractivity contribution in [2.24, 2.45) is 23.7 Å². The first kappa shape index (κ1) is 25.5. The first-order chi connectivity index (χ1) is 14.5.